The van der Waals surface area contributed by atoms with Gasteiger partial charge < -0.3 is 14.2 Å². The first-order valence-electron chi connectivity index (χ1n) is 9.47. The minimum atomic E-state index is -0.534. The summed E-state index contributed by atoms with van der Waals surface area (Å²) >= 11 is 10.7. The molecule has 0 unspecified atom stereocenters. The summed E-state index contributed by atoms with van der Waals surface area (Å²) in [6, 6.07) is 18.8. The fourth-order valence-electron chi connectivity index (χ4n) is 3.05. The van der Waals surface area contributed by atoms with Crippen LogP contribution in [-0.4, -0.2) is 19.0 Å². The van der Waals surface area contributed by atoms with Gasteiger partial charge in [-0.3, -0.25) is 0 Å². The molecule has 0 atom stereocenters. The summed E-state index contributed by atoms with van der Waals surface area (Å²) in [5.74, 6) is 0.860. The highest BCUT2D eigenvalue weighted by molar-refractivity contribution is 14.1. The van der Waals surface area contributed by atoms with E-state index in [0.29, 0.717) is 28.7 Å². The fraction of sp³-hybridized carbons (Fsp3) is 0.0833. The van der Waals surface area contributed by atoms with Crippen molar-refractivity contribution in [1.29, 1.82) is 0 Å². The maximum absolute atomic E-state index is 12.4. The molecule has 162 valence electrons. The summed E-state index contributed by atoms with van der Waals surface area (Å²) in [5, 5.41) is 0.464. The highest BCUT2D eigenvalue weighted by Crippen LogP contribution is 2.36. The molecule has 4 rings (SSSR count). The van der Waals surface area contributed by atoms with Gasteiger partial charge in [0, 0.05) is 9.13 Å². The van der Waals surface area contributed by atoms with E-state index in [0.717, 1.165) is 18.3 Å². The van der Waals surface area contributed by atoms with Gasteiger partial charge in [-0.05, 0) is 87.2 Å². The molecule has 5 nitrogen and oxygen atoms in total. The van der Waals surface area contributed by atoms with Gasteiger partial charge >= 0.3 is 5.97 Å². The van der Waals surface area contributed by atoms with E-state index in [1.54, 1.807) is 37.5 Å². The number of esters is 1. The third-order valence-electron chi connectivity index (χ3n) is 4.61. The third kappa shape index (κ3) is 5.10. The molecule has 3 aromatic rings. The Bertz CT molecular complexity index is 1260. The minimum absolute atomic E-state index is 0.185. The van der Waals surface area contributed by atoms with Crippen LogP contribution >= 0.6 is 56.8 Å². The second-order valence-electron chi connectivity index (χ2n) is 6.73. The zero-order valence-corrected chi connectivity index (χ0v) is 21.8. The maximum Gasteiger partial charge on any atom is 0.363 e. The van der Waals surface area contributed by atoms with Crippen molar-refractivity contribution in [3.8, 4) is 11.5 Å². The van der Waals surface area contributed by atoms with E-state index in [2.05, 4.69) is 50.2 Å². The van der Waals surface area contributed by atoms with Gasteiger partial charge in [-0.15, -0.1) is 0 Å². The van der Waals surface area contributed by atoms with Crippen LogP contribution in [0.3, 0.4) is 0 Å². The number of ether oxygens (including phenoxy) is 3. The van der Waals surface area contributed by atoms with E-state index >= 15 is 0 Å². The smallest absolute Gasteiger partial charge is 0.363 e. The lowest BCUT2D eigenvalue weighted by Crippen LogP contribution is -2.05. The number of benzene rings is 3. The highest BCUT2D eigenvalue weighted by Gasteiger charge is 2.25. The molecule has 1 heterocycles. The molecule has 0 radical (unpaired) electrons. The van der Waals surface area contributed by atoms with Crippen LogP contribution in [0.15, 0.2) is 71.4 Å². The van der Waals surface area contributed by atoms with Crippen molar-refractivity contribution in [3.05, 3.63) is 95.2 Å². The van der Waals surface area contributed by atoms with Gasteiger partial charge in [-0.25, -0.2) is 9.79 Å². The van der Waals surface area contributed by atoms with Gasteiger partial charge in [0.15, 0.2) is 17.2 Å². The zero-order valence-electron chi connectivity index (χ0n) is 16.8. The van der Waals surface area contributed by atoms with Gasteiger partial charge in [0.2, 0.25) is 5.90 Å². The Kier molecular flexibility index (Phi) is 7.37. The predicted octanol–water partition coefficient (Wildman–Crippen LogP) is 6.48. The van der Waals surface area contributed by atoms with E-state index in [1.165, 1.54) is 0 Å². The molecular weight excluding hydrogens is 656 g/mol. The van der Waals surface area contributed by atoms with E-state index in [-0.39, 0.29) is 11.6 Å². The molecule has 8 heteroatoms. The molecule has 0 saturated carbocycles. The lowest BCUT2D eigenvalue weighted by atomic mass is 10.1. The molecule has 0 fully saturated rings. The Balaban J connectivity index is 1.61. The molecule has 0 N–H and O–H groups in total. The number of aliphatic imine (C=N–C) groups is 1. The Morgan fingerprint density at radius 2 is 1.81 bits per heavy atom. The summed E-state index contributed by atoms with van der Waals surface area (Å²) in [6.45, 7) is 0.420. The standard InChI is InChI=1S/C24H16ClI2NO4/c1-30-21-12-14(10-19(27)22(21)31-13-15-6-2-5-9-18(15)26)11-20-24(29)32-23(28-20)16-7-3-4-8-17(16)25/h2-12H,13H2,1H3/b20-11-. The summed E-state index contributed by atoms with van der Waals surface area (Å²) < 4.78 is 18.9. The summed E-state index contributed by atoms with van der Waals surface area (Å²) in [4.78, 5) is 16.7. The van der Waals surface area contributed by atoms with Gasteiger partial charge in [0.05, 0.1) is 21.3 Å². The number of cyclic esters (lactones) is 1. The van der Waals surface area contributed by atoms with E-state index in [4.69, 9.17) is 25.8 Å². The Labute approximate surface area is 217 Å². The number of hydrogen-bond acceptors (Lipinski definition) is 5. The van der Waals surface area contributed by atoms with Crippen LogP contribution in [0.4, 0.5) is 0 Å². The van der Waals surface area contributed by atoms with E-state index in [1.807, 2.05) is 36.4 Å². The molecule has 0 spiro atoms. The summed E-state index contributed by atoms with van der Waals surface area (Å²) in [7, 11) is 1.58. The molecule has 1 aliphatic rings. The second-order valence-corrected chi connectivity index (χ2v) is 9.46. The maximum atomic E-state index is 12.4. The van der Waals surface area contributed by atoms with Crippen molar-refractivity contribution in [2.45, 2.75) is 6.61 Å². The first kappa shape index (κ1) is 23.1. The van der Waals surface area contributed by atoms with Crippen LogP contribution in [0, 0.1) is 7.14 Å². The zero-order chi connectivity index (χ0) is 22.7. The predicted molar refractivity (Wildman–Crippen MR) is 141 cm³/mol. The first-order chi connectivity index (χ1) is 15.5. The van der Waals surface area contributed by atoms with Gasteiger partial charge in [0.1, 0.15) is 6.61 Å². The largest absolute Gasteiger partial charge is 0.493 e. The van der Waals surface area contributed by atoms with Crippen molar-refractivity contribution in [2.75, 3.05) is 7.11 Å². The fourth-order valence-corrected chi connectivity index (χ4v) is 4.59. The quantitative estimate of drug-likeness (QED) is 0.171. The van der Waals surface area contributed by atoms with Crippen molar-refractivity contribution in [3.63, 3.8) is 0 Å². The van der Waals surface area contributed by atoms with Crippen LogP contribution < -0.4 is 9.47 Å². The Morgan fingerprint density at radius 1 is 1.06 bits per heavy atom. The number of methoxy groups -OCH3 is 1. The molecule has 0 aliphatic carbocycles. The number of halogens is 3. The molecule has 0 aromatic heterocycles. The van der Waals surface area contributed by atoms with Crippen LogP contribution in [0.1, 0.15) is 16.7 Å². The molecular formula is C24H16ClI2NO4. The van der Waals surface area contributed by atoms with Crippen molar-refractivity contribution < 1.29 is 19.0 Å². The normalized spacial score (nSPS) is 14.3. The lowest BCUT2D eigenvalue weighted by Gasteiger charge is -2.14. The van der Waals surface area contributed by atoms with Gasteiger partial charge in [0.25, 0.3) is 0 Å². The third-order valence-corrected chi connectivity index (χ3v) is 6.79. The average Bonchev–Trinajstić information content (AvgIpc) is 3.14. The molecule has 3 aromatic carbocycles. The Hall–Kier alpha value is -2.11. The molecule has 0 saturated heterocycles. The second kappa shape index (κ2) is 10.2. The van der Waals surface area contributed by atoms with Crippen LogP contribution in [0.25, 0.3) is 6.08 Å². The monoisotopic (exact) mass is 671 g/mol. The van der Waals surface area contributed by atoms with Gasteiger partial charge in [-0.2, -0.15) is 0 Å². The van der Waals surface area contributed by atoms with Gasteiger partial charge in [-0.1, -0.05) is 41.9 Å². The van der Waals surface area contributed by atoms with Crippen LogP contribution in [0.5, 0.6) is 11.5 Å². The number of rotatable bonds is 6. The molecule has 0 amide bonds. The van der Waals surface area contributed by atoms with Crippen molar-refractivity contribution >= 4 is 74.7 Å². The number of hydrogen-bond donors (Lipinski definition) is 0. The molecule has 0 bridgehead atoms. The van der Waals surface area contributed by atoms with Crippen molar-refractivity contribution in [2.24, 2.45) is 4.99 Å². The Morgan fingerprint density at radius 3 is 2.56 bits per heavy atom. The number of carbonyl (C=O) groups excluding carboxylic acids is 1. The lowest BCUT2D eigenvalue weighted by molar-refractivity contribution is -0.129. The number of nitrogens with zero attached hydrogens (tertiary/aromatic N) is 1. The average molecular weight is 672 g/mol. The van der Waals surface area contributed by atoms with E-state index < -0.39 is 5.97 Å². The van der Waals surface area contributed by atoms with Crippen molar-refractivity contribution in [1.82, 2.24) is 0 Å². The van der Waals surface area contributed by atoms with E-state index in [9.17, 15) is 4.79 Å². The highest BCUT2D eigenvalue weighted by atomic mass is 127. The first-order valence-corrected chi connectivity index (χ1v) is 12.0. The number of carbonyl (C=O) groups is 1. The molecule has 32 heavy (non-hydrogen) atoms. The topological polar surface area (TPSA) is 57.1 Å². The summed E-state index contributed by atoms with van der Waals surface area (Å²) in [5.41, 5.74) is 2.58. The SMILES string of the molecule is COc1cc(/C=C2\N=C(c3ccccc3Cl)OC2=O)cc(I)c1OCc1ccccc1I. The molecule has 1 aliphatic heterocycles. The minimum Gasteiger partial charge on any atom is -0.493 e. The summed E-state index contributed by atoms with van der Waals surface area (Å²) in [6.07, 6.45) is 1.65. The van der Waals surface area contributed by atoms with Crippen LogP contribution in [-0.2, 0) is 16.1 Å². The van der Waals surface area contributed by atoms with Crippen LogP contribution in [0.2, 0.25) is 5.02 Å².